The van der Waals surface area contributed by atoms with Crippen LogP contribution in [0.3, 0.4) is 0 Å². The Bertz CT molecular complexity index is 1340. The number of hydrogen-bond donors (Lipinski definition) is 1. The second-order valence-corrected chi connectivity index (χ2v) is 7.04. The normalized spacial score (nSPS) is 12.6. The molecule has 1 aliphatic heterocycles. The average molecular weight is 457 g/mol. The Labute approximate surface area is 186 Å². The van der Waals surface area contributed by atoms with E-state index in [9.17, 15) is 8.78 Å². The Balaban J connectivity index is 1.71. The van der Waals surface area contributed by atoms with Crippen LogP contribution in [0.2, 0.25) is 0 Å². The zero-order chi connectivity index (χ0) is 22.9. The summed E-state index contributed by atoms with van der Waals surface area (Å²) in [4.78, 5) is 4.43. The van der Waals surface area contributed by atoms with E-state index in [1.807, 2.05) is 0 Å². The van der Waals surface area contributed by atoms with Gasteiger partial charge in [-0.3, -0.25) is 0 Å². The highest BCUT2D eigenvalue weighted by Gasteiger charge is 2.25. The van der Waals surface area contributed by atoms with Gasteiger partial charge in [-0.25, -0.2) is 22.6 Å². The number of nitrogens with one attached hydrogen (secondary N) is 1. The summed E-state index contributed by atoms with van der Waals surface area (Å²) in [6.45, 7) is -0.406. The molecular formula is C23H18F3N3O4. The van der Waals surface area contributed by atoms with Crippen LogP contribution in [0.4, 0.5) is 24.7 Å². The van der Waals surface area contributed by atoms with E-state index in [1.165, 1.54) is 7.11 Å². The molecule has 4 aromatic rings. The maximum absolute atomic E-state index is 15.2. The molecule has 0 amide bonds. The van der Waals surface area contributed by atoms with Crippen molar-refractivity contribution < 1.29 is 32.1 Å². The van der Waals surface area contributed by atoms with Crippen LogP contribution in [-0.4, -0.2) is 36.6 Å². The SMILES string of the molecule is COc1cccc2nc(-c3c(F)ccc(OCF)c3F)c(Nc3ccc4c(c3)OCCO4)n12. The molecule has 0 spiro atoms. The monoisotopic (exact) mass is 457 g/mol. The van der Waals surface area contributed by atoms with Gasteiger partial charge in [0.05, 0.1) is 12.7 Å². The highest BCUT2D eigenvalue weighted by atomic mass is 19.1. The van der Waals surface area contributed by atoms with Crippen molar-refractivity contribution in [2.45, 2.75) is 0 Å². The number of methoxy groups -OCH3 is 1. The van der Waals surface area contributed by atoms with E-state index >= 15 is 4.39 Å². The molecule has 1 aliphatic rings. The van der Waals surface area contributed by atoms with Crippen LogP contribution in [0.1, 0.15) is 0 Å². The minimum atomic E-state index is -1.26. The minimum Gasteiger partial charge on any atom is -0.486 e. The number of halogens is 3. The number of anilines is 2. The van der Waals surface area contributed by atoms with Crippen molar-refractivity contribution in [1.82, 2.24) is 9.38 Å². The van der Waals surface area contributed by atoms with Crippen molar-refractivity contribution in [3.8, 4) is 34.4 Å². The number of nitrogens with zero attached hydrogens (tertiary/aromatic N) is 2. The van der Waals surface area contributed by atoms with Gasteiger partial charge in [-0.1, -0.05) is 6.07 Å². The first kappa shape index (κ1) is 20.8. The van der Waals surface area contributed by atoms with E-state index in [2.05, 4.69) is 15.0 Å². The summed E-state index contributed by atoms with van der Waals surface area (Å²) < 4.78 is 65.6. The Hall–Kier alpha value is -4.08. The molecule has 170 valence electrons. The molecule has 3 heterocycles. The maximum atomic E-state index is 15.2. The summed E-state index contributed by atoms with van der Waals surface area (Å²) >= 11 is 0. The molecule has 2 aromatic carbocycles. The van der Waals surface area contributed by atoms with E-state index in [4.69, 9.17) is 14.2 Å². The van der Waals surface area contributed by atoms with Gasteiger partial charge in [-0.05, 0) is 36.4 Å². The molecule has 2 aromatic heterocycles. The molecular weight excluding hydrogens is 439 g/mol. The van der Waals surface area contributed by atoms with E-state index in [1.54, 1.807) is 40.8 Å². The van der Waals surface area contributed by atoms with Gasteiger partial charge in [0, 0.05) is 11.8 Å². The molecule has 0 bridgehead atoms. The molecule has 0 saturated heterocycles. The van der Waals surface area contributed by atoms with Crippen molar-refractivity contribution in [3.05, 3.63) is 60.2 Å². The van der Waals surface area contributed by atoms with Gasteiger partial charge < -0.3 is 24.3 Å². The zero-order valence-electron chi connectivity index (χ0n) is 17.4. The second-order valence-electron chi connectivity index (χ2n) is 7.04. The summed E-state index contributed by atoms with van der Waals surface area (Å²) in [5, 5.41) is 3.16. The molecule has 33 heavy (non-hydrogen) atoms. The third kappa shape index (κ3) is 3.63. The Morgan fingerprint density at radius 1 is 1.06 bits per heavy atom. The molecule has 0 fully saturated rings. The second kappa shape index (κ2) is 8.45. The van der Waals surface area contributed by atoms with Gasteiger partial charge in [0.1, 0.15) is 36.2 Å². The molecule has 0 atom stereocenters. The lowest BCUT2D eigenvalue weighted by Gasteiger charge is -2.19. The number of alkyl halides is 1. The van der Waals surface area contributed by atoms with Crippen molar-refractivity contribution in [2.24, 2.45) is 0 Å². The summed E-state index contributed by atoms with van der Waals surface area (Å²) in [5.74, 6) is -0.646. The van der Waals surface area contributed by atoms with Gasteiger partial charge in [-0.15, -0.1) is 0 Å². The van der Waals surface area contributed by atoms with Crippen molar-refractivity contribution in [1.29, 1.82) is 0 Å². The number of hydrogen-bond acceptors (Lipinski definition) is 6. The lowest BCUT2D eigenvalue weighted by Crippen LogP contribution is -2.15. The zero-order valence-corrected chi connectivity index (χ0v) is 17.4. The largest absolute Gasteiger partial charge is 0.486 e. The van der Waals surface area contributed by atoms with E-state index in [0.29, 0.717) is 41.9 Å². The first-order valence-electron chi connectivity index (χ1n) is 10.00. The Morgan fingerprint density at radius 3 is 2.67 bits per heavy atom. The minimum absolute atomic E-state index is 0.0475. The summed E-state index contributed by atoms with van der Waals surface area (Å²) in [5.41, 5.74) is 0.422. The van der Waals surface area contributed by atoms with Crippen molar-refractivity contribution >= 4 is 17.2 Å². The fourth-order valence-electron chi connectivity index (χ4n) is 3.69. The molecule has 10 heteroatoms. The van der Waals surface area contributed by atoms with Crippen molar-refractivity contribution in [3.63, 3.8) is 0 Å². The van der Waals surface area contributed by atoms with E-state index < -0.39 is 29.8 Å². The van der Waals surface area contributed by atoms with Crippen LogP contribution in [0, 0.1) is 11.6 Å². The maximum Gasteiger partial charge on any atom is 0.228 e. The van der Waals surface area contributed by atoms with Crippen LogP contribution in [0.25, 0.3) is 16.9 Å². The average Bonchev–Trinajstić information content (AvgIpc) is 3.19. The number of pyridine rings is 1. The van der Waals surface area contributed by atoms with Crippen LogP contribution >= 0.6 is 0 Å². The predicted octanol–water partition coefficient (Wildman–Crippen LogP) is 5.11. The van der Waals surface area contributed by atoms with Gasteiger partial charge in [-0.2, -0.15) is 0 Å². The number of benzene rings is 2. The number of imidazole rings is 1. The van der Waals surface area contributed by atoms with Crippen LogP contribution in [0.5, 0.6) is 23.1 Å². The highest BCUT2D eigenvalue weighted by molar-refractivity contribution is 5.82. The lowest BCUT2D eigenvalue weighted by molar-refractivity contribution is 0.171. The highest BCUT2D eigenvalue weighted by Crippen LogP contribution is 2.40. The van der Waals surface area contributed by atoms with Crippen LogP contribution in [-0.2, 0) is 0 Å². The van der Waals surface area contributed by atoms with Crippen LogP contribution < -0.4 is 24.3 Å². The Kier molecular flexibility index (Phi) is 5.33. The smallest absolute Gasteiger partial charge is 0.228 e. The van der Waals surface area contributed by atoms with E-state index in [-0.39, 0.29) is 11.5 Å². The topological polar surface area (TPSA) is 66.2 Å². The molecule has 5 rings (SSSR count). The number of ether oxygens (including phenoxy) is 4. The van der Waals surface area contributed by atoms with Gasteiger partial charge in [0.25, 0.3) is 0 Å². The van der Waals surface area contributed by atoms with Gasteiger partial charge in [0.2, 0.25) is 12.7 Å². The van der Waals surface area contributed by atoms with Gasteiger partial charge in [0.15, 0.2) is 23.1 Å². The predicted molar refractivity (Wildman–Crippen MR) is 114 cm³/mol. The number of fused-ring (bicyclic) bond motifs is 2. The number of aromatic nitrogens is 2. The quantitative estimate of drug-likeness (QED) is 0.434. The van der Waals surface area contributed by atoms with Crippen molar-refractivity contribution in [2.75, 3.05) is 32.5 Å². The molecule has 7 nitrogen and oxygen atoms in total. The van der Waals surface area contributed by atoms with Crippen LogP contribution in [0.15, 0.2) is 48.5 Å². The lowest BCUT2D eigenvalue weighted by atomic mass is 10.1. The summed E-state index contributed by atoms with van der Waals surface area (Å²) in [6, 6.07) is 12.3. The third-order valence-electron chi connectivity index (χ3n) is 5.12. The first-order valence-corrected chi connectivity index (χ1v) is 10.00. The molecule has 0 radical (unpaired) electrons. The fourth-order valence-corrected chi connectivity index (χ4v) is 3.69. The molecule has 0 aliphatic carbocycles. The van der Waals surface area contributed by atoms with E-state index in [0.717, 1.165) is 12.1 Å². The third-order valence-corrected chi connectivity index (χ3v) is 5.12. The summed E-state index contributed by atoms with van der Waals surface area (Å²) in [7, 11) is 1.47. The molecule has 0 unspecified atom stereocenters. The first-order chi connectivity index (χ1) is 16.1. The summed E-state index contributed by atoms with van der Waals surface area (Å²) in [6.07, 6.45) is 0. The fraction of sp³-hybridized carbons (Fsp3) is 0.174. The number of rotatable bonds is 6. The standard InChI is InChI=1S/C23H18F3N3O4/c1-30-19-4-2-3-18-28-22(20-14(25)6-8-16(21(20)26)33-12-24)23(29(18)19)27-13-5-7-15-17(11-13)32-10-9-31-15/h2-8,11,27H,9-10,12H2,1H3. The molecule has 1 N–H and O–H groups in total. The Morgan fingerprint density at radius 2 is 1.88 bits per heavy atom. The molecule has 0 saturated carbocycles. The van der Waals surface area contributed by atoms with Gasteiger partial charge >= 0.3 is 0 Å².